The van der Waals surface area contributed by atoms with Crippen molar-refractivity contribution in [3.63, 3.8) is 0 Å². The van der Waals surface area contributed by atoms with Crippen LogP contribution in [0.1, 0.15) is 12.5 Å². The van der Waals surface area contributed by atoms with Gasteiger partial charge in [-0.2, -0.15) is 5.26 Å². The second-order valence-corrected chi connectivity index (χ2v) is 3.76. The maximum absolute atomic E-state index is 8.95. The predicted octanol–water partition coefficient (Wildman–Crippen LogP) is 4.28. The van der Waals surface area contributed by atoms with Gasteiger partial charge in [0.25, 0.3) is 0 Å². The monoisotopic (exact) mass is 219 g/mol. The first-order valence-electron chi connectivity index (χ1n) is 5.57. The van der Waals surface area contributed by atoms with Crippen LogP contribution in [-0.2, 0) is 0 Å². The zero-order valence-electron chi connectivity index (χ0n) is 9.72. The van der Waals surface area contributed by atoms with E-state index in [0.29, 0.717) is 5.57 Å². The lowest BCUT2D eigenvalue weighted by Gasteiger charge is -2.03. The Morgan fingerprint density at radius 1 is 0.941 bits per heavy atom. The van der Waals surface area contributed by atoms with Gasteiger partial charge in [-0.3, -0.25) is 0 Å². The molecule has 1 nitrogen and oxygen atoms in total. The van der Waals surface area contributed by atoms with Crippen LogP contribution in [0.4, 0.5) is 0 Å². The summed E-state index contributed by atoms with van der Waals surface area (Å²) in [5, 5.41) is 8.95. The van der Waals surface area contributed by atoms with Gasteiger partial charge in [-0.15, -0.1) is 0 Å². The third-order valence-corrected chi connectivity index (χ3v) is 2.71. The standard InChI is InChI=1S/C16H13N/c1-2-13(12-17)15-8-10-16(11-9-15)14-6-4-3-5-7-14/h2-11H,1H3. The average Bonchev–Trinajstić information content (AvgIpc) is 2.42. The molecule has 0 spiro atoms. The minimum absolute atomic E-state index is 0.713. The van der Waals surface area contributed by atoms with E-state index in [4.69, 9.17) is 5.26 Å². The van der Waals surface area contributed by atoms with Crippen molar-refractivity contribution in [2.75, 3.05) is 0 Å². The highest BCUT2D eigenvalue weighted by Gasteiger charge is 2.00. The van der Waals surface area contributed by atoms with E-state index in [2.05, 4.69) is 18.2 Å². The molecular formula is C16H13N. The number of allylic oxidation sites excluding steroid dienone is 2. The van der Waals surface area contributed by atoms with Gasteiger partial charge in [-0.1, -0.05) is 60.7 Å². The van der Waals surface area contributed by atoms with Crippen LogP contribution in [0.15, 0.2) is 60.7 Å². The fourth-order valence-corrected chi connectivity index (χ4v) is 1.77. The molecule has 0 aliphatic rings. The van der Waals surface area contributed by atoms with E-state index in [1.54, 1.807) is 0 Å². The van der Waals surface area contributed by atoms with E-state index in [-0.39, 0.29) is 0 Å². The van der Waals surface area contributed by atoms with Gasteiger partial charge in [0, 0.05) is 0 Å². The first-order chi connectivity index (χ1) is 8.35. The lowest BCUT2D eigenvalue weighted by Crippen LogP contribution is -1.82. The third-order valence-electron chi connectivity index (χ3n) is 2.71. The summed E-state index contributed by atoms with van der Waals surface area (Å²) in [7, 11) is 0. The molecule has 0 heterocycles. The van der Waals surface area contributed by atoms with E-state index in [1.807, 2.05) is 55.5 Å². The normalized spacial score (nSPS) is 10.9. The van der Waals surface area contributed by atoms with Crippen LogP contribution in [0.2, 0.25) is 0 Å². The Morgan fingerprint density at radius 3 is 2.06 bits per heavy atom. The molecule has 0 atom stereocenters. The highest BCUT2D eigenvalue weighted by atomic mass is 14.2. The Bertz CT molecular complexity index is 557. The SMILES string of the molecule is CC=C(C#N)c1ccc(-c2ccccc2)cc1. The molecule has 0 saturated heterocycles. The van der Waals surface area contributed by atoms with Crippen molar-refractivity contribution in [1.82, 2.24) is 0 Å². The summed E-state index contributed by atoms with van der Waals surface area (Å²) in [5.41, 5.74) is 4.04. The quantitative estimate of drug-likeness (QED) is 0.691. The molecule has 0 fully saturated rings. The Kier molecular flexibility index (Phi) is 3.37. The highest BCUT2D eigenvalue weighted by molar-refractivity contribution is 5.78. The van der Waals surface area contributed by atoms with Crippen LogP contribution in [-0.4, -0.2) is 0 Å². The molecule has 0 amide bonds. The summed E-state index contributed by atoms with van der Waals surface area (Å²) in [6.07, 6.45) is 1.83. The topological polar surface area (TPSA) is 23.8 Å². The summed E-state index contributed by atoms with van der Waals surface area (Å²) < 4.78 is 0. The van der Waals surface area contributed by atoms with Crippen molar-refractivity contribution >= 4 is 5.57 Å². The van der Waals surface area contributed by atoms with Gasteiger partial charge in [0.1, 0.15) is 0 Å². The summed E-state index contributed by atoms with van der Waals surface area (Å²) in [5.74, 6) is 0. The molecule has 1 heteroatoms. The van der Waals surface area contributed by atoms with E-state index in [9.17, 15) is 0 Å². The zero-order chi connectivity index (χ0) is 12.1. The van der Waals surface area contributed by atoms with Crippen molar-refractivity contribution in [1.29, 1.82) is 5.26 Å². The number of hydrogen-bond acceptors (Lipinski definition) is 1. The summed E-state index contributed by atoms with van der Waals surface area (Å²) in [4.78, 5) is 0. The van der Waals surface area contributed by atoms with E-state index < -0.39 is 0 Å². The van der Waals surface area contributed by atoms with Crippen molar-refractivity contribution in [3.8, 4) is 17.2 Å². The average molecular weight is 219 g/mol. The molecule has 0 aliphatic heterocycles. The Hall–Kier alpha value is -2.33. The Balaban J connectivity index is 2.35. The van der Waals surface area contributed by atoms with Crippen LogP contribution in [0.25, 0.3) is 16.7 Å². The van der Waals surface area contributed by atoms with Crippen LogP contribution in [0.5, 0.6) is 0 Å². The van der Waals surface area contributed by atoms with Gasteiger partial charge in [0.05, 0.1) is 11.6 Å². The van der Waals surface area contributed by atoms with Gasteiger partial charge < -0.3 is 0 Å². The summed E-state index contributed by atoms with van der Waals surface area (Å²) in [6, 6.07) is 20.5. The van der Waals surface area contributed by atoms with Gasteiger partial charge in [0.2, 0.25) is 0 Å². The second kappa shape index (κ2) is 5.14. The zero-order valence-corrected chi connectivity index (χ0v) is 9.72. The number of benzene rings is 2. The molecule has 0 unspecified atom stereocenters. The predicted molar refractivity (Wildman–Crippen MR) is 71.1 cm³/mol. The van der Waals surface area contributed by atoms with Crippen molar-refractivity contribution < 1.29 is 0 Å². The molecule has 82 valence electrons. The molecule has 17 heavy (non-hydrogen) atoms. The van der Waals surface area contributed by atoms with Gasteiger partial charge in [-0.05, 0) is 23.6 Å². The van der Waals surface area contributed by atoms with E-state index >= 15 is 0 Å². The molecule has 0 radical (unpaired) electrons. The molecule has 0 bridgehead atoms. The summed E-state index contributed by atoms with van der Waals surface area (Å²) in [6.45, 7) is 1.88. The number of nitriles is 1. The molecular weight excluding hydrogens is 206 g/mol. The largest absolute Gasteiger partial charge is 0.192 e. The molecule has 0 saturated carbocycles. The lowest BCUT2D eigenvalue weighted by atomic mass is 10.0. The smallest absolute Gasteiger partial charge is 0.0994 e. The van der Waals surface area contributed by atoms with Crippen LogP contribution in [0, 0.1) is 11.3 Å². The Morgan fingerprint density at radius 2 is 1.53 bits per heavy atom. The fraction of sp³-hybridized carbons (Fsp3) is 0.0625. The van der Waals surface area contributed by atoms with Crippen molar-refractivity contribution in [3.05, 3.63) is 66.2 Å². The fourth-order valence-electron chi connectivity index (χ4n) is 1.77. The maximum atomic E-state index is 8.95. The summed E-state index contributed by atoms with van der Waals surface area (Å²) >= 11 is 0. The van der Waals surface area contributed by atoms with Gasteiger partial charge in [-0.25, -0.2) is 0 Å². The van der Waals surface area contributed by atoms with E-state index in [0.717, 1.165) is 5.56 Å². The van der Waals surface area contributed by atoms with Gasteiger partial charge >= 0.3 is 0 Å². The molecule has 0 aliphatic carbocycles. The highest BCUT2D eigenvalue weighted by Crippen LogP contribution is 2.21. The van der Waals surface area contributed by atoms with Crippen molar-refractivity contribution in [2.45, 2.75) is 6.92 Å². The molecule has 2 aromatic carbocycles. The number of hydrogen-bond donors (Lipinski definition) is 0. The first kappa shape index (κ1) is 11.2. The third kappa shape index (κ3) is 2.43. The number of rotatable bonds is 2. The van der Waals surface area contributed by atoms with Gasteiger partial charge in [0.15, 0.2) is 0 Å². The minimum atomic E-state index is 0.713. The molecule has 0 N–H and O–H groups in total. The van der Waals surface area contributed by atoms with Crippen LogP contribution in [0.3, 0.4) is 0 Å². The van der Waals surface area contributed by atoms with E-state index in [1.165, 1.54) is 11.1 Å². The first-order valence-corrected chi connectivity index (χ1v) is 5.57. The second-order valence-electron chi connectivity index (χ2n) is 3.76. The molecule has 2 rings (SSSR count). The molecule has 2 aromatic rings. The minimum Gasteiger partial charge on any atom is -0.192 e. The van der Waals surface area contributed by atoms with Crippen LogP contribution >= 0.6 is 0 Å². The van der Waals surface area contributed by atoms with Crippen molar-refractivity contribution in [2.24, 2.45) is 0 Å². The maximum Gasteiger partial charge on any atom is 0.0994 e. The number of nitrogens with zero attached hydrogens (tertiary/aromatic N) is 1. The lowest BCUT2D eigenvalue weighted by molar-refractivity contribution is 1.51. The Labute approximate surface area is 102 Å². The van der Waals surface area contributed by atoms with Crippen LogP contribution < -0.4 is 0 Å². The molecule has 0 aromatic heterocycles.